The van der Waals surface area contributed by atoms with Gasteiger partial charge in [-0.3, -0.25) is 0 Å². The van der Waals surface area contributed by atoms with E-state index in [1.165, 1.54) is 12.1 Å². The van der Waals surface area contributed by atoms with Gasteiger partial charge >= 0.3 is 0 Å². The van der Waals surface area contributed by atoms with Crippen molar-refractivity contribution in [1.29, 1.82) is 0 Å². The molecule has 2 rings (SSSR count). The lowest BCUT2D eigenvalue weighted by atomic mass is 10.2. The average Bonchev–Trinajstić information content (AvgIpc) is 3.11. The van der Waals surface area contributed by atoms with Crippen LogP contribution in [0.3, 0.4) is 0 Å². The van der Waals surface area contributed by atoms with Crippen molar-refractivity contribution < 1.29 is 12.8 Å². The van der Waals surface area contributed by atoms with Crippen LogP contribution in [0.1, 0.15) is 25.3 Å². The molecular weight excluding hydrogens is 255 g/mol. The summed E-state index contributed by atoms with van der Waals surface area (Å²) in [7, 11) is -3.62. The molecule has 1 aliphatic rings. The van der Waals surface area contributed by atoms with Crippen LogP contribution in [0.15, 0.2) is 23.1 Å². The van der Waals surface area contributed by atoms with Crippen LogP contribution in [-0.2, 0) is 16.6 Å². The molecule has 0 aromatic heterocycles. The third kappa shape index (κ3) is 3.28. The summed E-state index contributed by atoms with van der Waals surface area (Å²) in [6.45, 7) is 2.43. The smallest absolute Gasteiger partial charge is 0.240 e. The van der Waals surface area contributed by atoms with Crippen LogP contribution in [0.5, 0.6) is 0 Å². The molecule has 4 nitrogen and oxygen atoms in total. The highest BCUT2D eigenvalue weighted by Gasteiger charge is 2.23. The van der Waals surface area contributed by atoms with Gasteiger partial charge in [0.2, 0.25) is 10.0 Å². The Morgan fingerprint density at radius 2 is 2.11 bits per heavy atom. The van der Waals surface area contributed by atoms with Gasteiger partial charge in [-0.15, -0.1) is 0 Å². The van der Waals surface area contributed by atoms with Crippen molar-refractivity contribution >= 4 is 10.0 Å². The number of benzene rings is 1. The molecule has 1 aromatic rings. The van der Waals surface area contributed by atoms with Gasteiger partial charge in [0.1, 0.15) is 5.82 Å². The van der Waals surface area contributed by atoms with Crippen LogP contribution in [0.2, 0.25) is 0 Å². The molecule has 0 unspecified atom stereocenters. The predicted molar refractivity (Wildman–Crippen MR) is 67.1 cm³/mol. The minimum absolute atomic E-state index is 0.0255. The van der Waals surface area contributed by atoms with Crippen LogP contribution in [0, 0.1) is 5.82 Å². The minimum atomic E-state index is -3.62. The molecule has 0 bridgehead atoms. The summed E-state index contributed by atoms with van der Waals surface area (Å²) in [4.78, 5) is 0.0255. The van der Waals surface area contributed by atoms with Crippen molar-refractivity contribution in [3.05, 3.63) is 29.6 Å². The van der Waals surface area contributed by atoms with Gasteiger partial charge in [-0.25, -0.2) is 17.5 Å². The highest BCUT2D eigenvalue weighted by Crippen LogP contribution is 2.22. The van der Waals surface area contributed by atoms with E-state index in [1.54, 1.807) is 6.92 Å². The van der Waals surface area contributed by atoms with Crippen molar-refractivity contribution in [3.63, 3.8) is 0 Å². The van der Waals surface area contributed by atoms with Crippen LogP contribution >= 0.6 is 0 Å². The maximum atomic E-state index is 13.2. The molecular formula is C12H17FN2O2S. The molecule has 0 amide bonds. The summed E-state index contributed by atoms with van der Waals surface area (Å²) in [5.74, 6) is -0.540. The Morgan fingerprint density at radius 1 is 1.39 bits per heavy atom. The Balaban J connectivity index is 2.27. The number of sulfonamides is 1. The van der Waals surface area contributed by atoms with Crippen molar-refractivity contribution in [2.45, 2.75) is 37.2 Å². The van der Waals surface area contributed by atoms with E-state index < -0.39 is 15.8 Å². The molecule has 0 saturated heterocycles. The van der Waals surface area contributed by atoms with Crippen LogP contribution in [-0.4, -0.2) is 21.0 Å². The Kier molecular flexibility index (Phi) is 3.99. The van der Waals surface area contributed by atoms with E-state index in [-0.39, 0.29) is 11.4 Å². The summed E-state index contributed by atoms with van der Waals surface area (Å²) in [5, 5.41) is 3.23. The van der Waals surface area contributed by atoms with E-state index in [1.807, 2.05) is 0 Å². The van der Waals surface area contributed by atoms with Gasteiger partial charge in [-0.1, -0.05) is 13.0 Å². The topological polar surface area (TPSA) is 58.2 Å². The molecule has 18 heavy (non-hydrogen) atoms. The molecule has 0 atom stereocenters. The number of hydrogen-bond acceptors (Lipinski definition) is 3. The maximum Gasteiger partial charge on any atom is 0.240 e. The third-order valence-corrected chi connectivity index (χ3v) is 4.44. The fraction of sp³-hybridized carbons (Fsp3) is 0.500. The molecule has 0 aliphatic heterocycles. The van der Waals surface area contributed by atoms with Gasteiger partial charge in [0.15, 0.2) is 0 Å². The highest BCUT2D eigenvalue weighted by molar-refractivity contribution is 7.89. The van der Waals surface area contributed by atoms with E-state index in [9.17, 15) is 12.8 Å². The quantitative estimate of drug-likeness (QED) is 0.822. The van der Waals surface area contributed by atoms with Crippen molar-refractivity contribution in [3.8, 4) is 0 Å². The first-order valence-electron chi connectivity index (χ1n) is 6.04. The number of rotatable bonds is 6. The number of hydrogen-bond donors (Lipinski definition) is 2. The molecule has 0 radical (unpaired) electrons. The molecule has 2 N–H and O–H groups in total. The first-order valence-corrected chi connectivity index (χ1v) is 7.52. The molecule has 1 aromatic carbocycles. The zero-order chi connectivity index (χ0) is 13.2. The summed E-state index contributed by atoms with van der Waals surface area (Å²) in [6.07, 6.45) is 2.24. The second-order valence-electron chi connectivity index (χ2n) is 4.41. The Hall–Kier alpha value is -0.980. The van der Waals surface area contributed by atoms with E-state index >= 15 is 0 Å². The highest BCUT2D eigenvalue weighted by atomic mass is 32.2. The third-order valence-electron chi connectivity index (χ3n) is 2.81. The van der Waals surface area contributed by atoms with Gasteiger partial charge in [0.05, 0.1) is 4.90 Å². The second-order valence-corrected chi connectivity index (χ2v) is 6.14. The SMILES string of the molecule is CCNS(=O)(=O)c1cc(F)ccc1CNC1CC1. The Morgan fingerprint density at radius 3 is 2.72 bits per heavy atom. The lowest BCUT2D eigenvalue weighted by Gasteiger charge is -2.11. The van der Waals surface area contributed by atoms with Gasteiger partial charge in [-0.05, 0) is 30.5 Å². The predicted octanol–water partition coefficient (Wildman–Crippen LogP) is 1.38. The zero-order valence-electron chi connectivity index (χ0n) is 10.2. The normalized spacial score (nSPS) is 15.9. The fourth-order valence-corrected chi connectivity index (χ4v) is 3.02. The lowest BCUT2D eigenvalue weighted by Crippen LogP contribution is -2.26. The maximum absolute atomic E-state index is 13.2. The summed E-state index contributed by atoms with van der Waals surface area (Å²) < 4.78 is 39.5. The van der Waals surface area contributed by atoms with Gasteiger partial charge in [-0.2, -0.15) is 0 Å². The average molecular weight is 272 g/mol. The van der Waals surface area contributed by atoms with Gasteiger partial charge < -0.3 is 5.32 Å². The second kappa shape index (κ2) is 5.34. The lowest BCUT2D eigenvalue weighted by molar-refractivity contribution is 0.575. The van der Waals surface area contributed by atoms with E-state index in [2.05, 4.69) is 10.0 Å². The van der Waals surface area contributed by atoms with Crippen LogP contribution in [0.25, 0.3) is 0 Å². The summed E-state index contributed by atoms with van der Waals surface area (Å²) in [5.41, 5.74) is 0.601. The first kappa shape index (κ1) is 13.5. The monoisotopic (exact) mass is 272 g/mol. The molecule has 1 saturated carbocycles. The summed E-state index contributed by atoms with van der Waals surface area (Å²) >= 11 is 0. The number of halogens is 1. The van der Waals surface area contributed by atoms with Crippen molar-refractivity contribution in [2.75, 3.05) is 6.54 Å². The Labute approximate surface area is 107 Å². The van der Waals surface area contributed by atoms with Gasteiger partial charge in [0.25, 0.3) is 0 Å². The van der Waals surface area contributed by atoms with Gasteiger partial charge in [0, 0.05) is 19.1 Å². The fourth-order valence-electron chi connectivity index (χ4n) is 1.73. The van der Waals surface area contributed by atoms with Crippen LogP contribution in [0.4, 0.5) is 4.39 Å². The largest absolute Gasteiger partial charge is 0.310 e. The van der Waals surface area contributed by atoms with Crippen molar-refractivity contribution in [1.82, 2.24) is 10.0 Å². The Bertz CT molecular complexity index is 527. The van der Waals surface area contributed by atoms with E-state index in [4.69, 9.17) is 0 Å². The molecule has 6 heteroatoms. The summed E-state index contributed by atoms with van der Waals surface area (Å²) in [6, 6.07) is 4.36. The molecule has 1 aliphatic carbocycles. The molecule has 0 heterocycles. The molecule has 1 fully saturated rings. The van der Waals surface area contributed by atoms with Crippen molar-refractivity contribution in [2.24, 2.45) is 0 Å². The minimum Gasteiger partial charge on any atom is -0.310 e. The zero-order valence-corrected chi connectivity index (χ0v) is 11.1. The standard InChI is InChI=1S/C12H17FN2O2S/c1-2-15-18(16,17)12-7-10(13)4-3-9(12)8-14-11-5-6-11/h3-4,7,11,14-15H,2,5-6,8H2,1H3. The van der Waals surface area contributed by atoms with E-state index in [0.717, 1.165) is 18.9 Å². The van der Waals surface area contributed by atoms with E-state index in [0.29, 0.717) is 18.2 Å². The molecule has 0 spiro atoms. The number of nitrogens with one attached hydrogen (secondary N) is 2. The molecule has 100 valence electrons. The first-order chi connectivity index (χ1) is 8.53. The van der Waals surface area contributed by atoms with Crippen LogP contribution < -0.4 is 10.0 Å².